The summed E-state index contributed by atoms with van der Waals surface area (Å²) in [5.41, 5.74) is 3.51. The monoisotopic (exact) mass is 352 g/mol. The number of aryl methyl sites for hydroxylation is 1. The van der Waals surface area contributed by atoms with Crippen LogP contribution in [0.5, 0.6) is 0 Å². The van der Waals surface area contributed by atoms with E-state index in [1.54, 1.807) is 17.3 Å². The first kappa shape index (κ1) is 17.9. The second-order valence-corrected chi connectivity index (χ2v) is 6.38. The van der Waals surface area contributed by atoms with Crippen molar-refractivity contribution in [2.24, 2.45) is 0 Å². The zero-order valence-electron chi connectivity index (χ0n) is 15.2. The van der Waals surface area contributed by atoms with Crippen molar-refractivity contribution in [3.05, 3.63) is 59.3 Å². The van der Waals surface area contributed by atoms with E-state index < -0.39 is 0 Å². The van der Waals surface area contributed by atoms with Gasteiger partial charge in [0.15, 0.2) is 0 Å². The predicted molar refractivity (Wildman–Crippen MR) is 103 cm³/mol. The minimum Gasteiger partial charge on any atom is -0.361 e. The molecule has 1 fully saturated rings. The summed E-state index contributed by atoms with van der Waals surface area (Å²) in [6, 6.07) is 6.06. The summed E-state index contributed by atoms with van der Waals surface area (Å²) in [4.78, 5) is 35.1. The van der Waals surface area contributed by atoms with Gasteiger partial charge in [-0.1, -0.05) is 13.5 Å². The SMILES string of the molecule is C=CC(=O)N1CC(N(CC)c2cc(-c3ccnc(CC)c3)c[nH]c2=O)C1. The average Bonchev–Trinajstić information content (AvgIpc) is 2.64. The van der Waals surface area contributed by atoms with Crippen LogP contribution in [0.4, 0.5) is 5.69 Å². The number of anilines is 1. The van der Waals surface area contributed by atoms with Crippen molar-refractivity contribution in [2.75, 3.05) is 24.5 Å². The predicted octanol–water partition coefficient (Wildman–Crippen LogP) is 2.22. The Morgan fingerprint density at radius 1 is 1.38 bits per heavy atom. The lowest BCUT2D eigenvalue weighted by Crippen LogP contribution is -2.61. The van der Waals surface area contributed by atoms with Crippen LogP contribution in [0.1, 0.15) is 19.5 Å². The number of aromatic amines is 1. The number of hydrogen-bond donors (Lipinski definition) is 1. The Kier molecular flexibility index (Phi) is 5.21. The lowest BCUT2D eigenvalue weighted by molar-refractivity contribution is -0.130. The first-order valence-corrected chi connectivity index (χ1v) is 8.93. The van der Waals surface area contributed by atoms with Crippen molar-refractivity contribution in [1.29, 1.82) is 0 Å². The van der Waals surface area contributed by atoms with Gasteiger partial charge in [0, 0.05) is 43.3 Å². The van der Waals surface area contributed by atoms with Gasteiger partial charge < -0.3 is 14.8 Å². The molecule has 3 heterocycles. The van der Waals surface area contributed by atoms with Crippen LogP contribution in [0, 0.1) is 0 Å². The van der Waals surface area contributed by atoms with Gasteiger partial charge in [0.2, 0.25) is 5.91 Å². The molecule has 0 bridgehead atoms. The zero-order valence-corrected chi connectivity index (χ0v) is 15.2. The topological polar surface area (TPSA) is 69.3 Å². The van der Waals surface area contributed by atoms with E-state index in [-0.39, 0.29) is 17.5 Å². The third-order valence-corrected chi connectivity index (χ3v) is 4.84. The van der Waals surface area contributed by atoms with Crippen LogP contribution in [0.3, 0.4) is 0 Å². The molecule has 1 aliphatic heterocycles. The van der Waals surface area contributed by atoms with Crippen LogP contribution in [0.25, 0.3) is 11.1 Å². The molecule has 0 aliphatic carbocycles. The number of rotatable bonds is 6. The van der Waals surface area contributed by atoms with Crippen LogP contribution in [0.15, 0.2) is 48.0 Å². The maximum Gasteiger partial charge on any atom is 0.271 e. The number of carbonyl (C=O) groups is 1. The Labute approximate surface area is 153 Å². The van der Waals surface area contributed by atoms with E-state index in [9.17, 15) is 9.59 Å². The number of nitrogens with zero attached hydrogens (tertiary/aromatic N) is 3. The highest BCUT2D eigenvalue weighted by Crippen LogP contribution is 2.25. The van der Waals surface area contributed by atoms with E-state index in [4.69, 9.17) is 0 Å². The van der Waals surface area contributed by atoms with Crippen LogP contribution in [0.2, 0.25) is 0 Å². The van der Waals surface area contributed by atoms with Crippen LogP contribution >= 0.6 is 0 Å². The zero-order chi connectivity index (χ0) is 18.7. The largest absolute Gasteiger partial charge is 0.361 e. The van der Waals surface area contributed by atoms with Gasteiger partial charge in [-0.25, -0.2) is 0 Å². The lowest BCUT2D eigenvalue weighted by atomic mass is 10.0. The van der Waals surface area contributed by atoms with E-state index >= 15 is 0 Å². The maximum absolute atomic E-state index is 12.4. The van der Waals surface area contributed by atoms with E-state index in [1.807, 2.05) is 25.1 Å². The Morgan fingerprint density at radius 3 is 2.81 bits per heavy atom. The smallest absolute Gasteiger partial charge is 0.271 e. The molecule has 2 aromatic rings. The van der Waals surface area contributed by atoms with Gasteiger partial charge in [0.05, 0.1) is 6.04 Å². The lowest BCUT2D eigenvalue weighted by Gasteiger charge is -2.45. The fraction of sp³-hybridized carbons (Fsp3) is 0.350. The summed E-state index contributed by atoms with van der Waals surface area (Å²) in [5, 5.41) is 0. The average molecular weight is 352 g/mol. The van der Waals surface area contributed by atoms with Crippen LogP contribution in [-0.4, -0.2) is 46.5 Å². The van der Waals surface area contributed by atoms with Gasteiger partial charge in [-0.2, -0.15) is 0 Å². The standard InChI is InChI=1S/C20H24N4O2/c1-4-16-9-14(7-8-21-16)15-10-18(20(26)22-11-15)24(6-3)17-12-23(13-17)19(25)5-2/h5,7-11,17H,2,4,6,12-13H2,1,3H3,(H,22,26). The molecule has 6 nitrogen and oxygen atoms in total. The molecule has 0 saturated carbocycles. The highest BCUT2D eigenvalue weighted by molar-refractivity contribution is 5.87. The third kappa shape index (κ3) is 3.40. The first-order valence-electron chi connectivity index (χ1n) is 8.93. The summed E-state index contributed by atoms with van der Waals surface area (Å²) in [7, 11) is 0. The Bertz CT molecular complexity index is 868. The summed E-state index contributed by atoms with van der Waals surface area (Å²) >= 11 is 0. The number of aromatic nitrogens is 2. The second kappa shape index (κ2) is 7.56. The molecule has 1 aliphatic rings. The van der Waals surface area contributed by atoms with Crippen LogP contribution < -0.4 is 10.5 Å². The summed E-state index contributed by atoms with van der Waals surface area (Å²) < 4.78 is 0. The Hall–Kier alpha value is -2.89. The summed E-state index contributed by atoms with van der Waals surface area (Å²) in [6.45, 7) is 9.52. The molecular formula is C20H24N4O2. The van der Waals surface area contributed by atoms with Crippen LogP contribution in [-0.2, 0) is 11.2 Å². The molecule has 3 rings (SSSR count). The van der Waals surface area contributed by atoms with Crippen molar-refractivity contribution in [3.8, 4) is 11.1 Å². The first-order chi connectivity index (χ1) is 12.6. The maximum atomic E-state index is 12.4. The van der Waals surface area contributed by atoms with E-state index in [2.05, 4.69) is 28.4 Å². The molecule has 136 valence electrons. The summed E-state index contributed by atoms with van der Waals surface area (Å²) in [6.07, 6.45) is 5.72. The van der Waals surface area contributed by atoms with Gasteiger partial charge in [0.1, 0.15) is 5.69 Å². The molecule has 26 heavy (non-hydrogen) atoms. The molecule has 1 saturated heterocycles. The molecule has 1 N–H and O–H groups in total. The molecular weight excluding hydrogens is 328 g/mol. The normalized spacial score (nSPS) is 14.0. The number of H-pyrrole nitrogens is 1. The highest BCUT2D eigenvalue weighted by Gasteiger charge is 2.34. The second-order valence-electron chi connectivity index (χ2n) is 6.38. The molecule has 0 atom stereocenters. The molecule has 2 aromatic heterocycles. The minimum absolute atomic E-state index is 0.0659. The quantitative estimate of drug-likeness (QED) is 0.810. The summed E-state index contributed by atoms with van der Waals surface area (Å²) in [5.74, 6) is -0.0659. The fourth-order valence-electron chi connectivity index (χ4n) is 3.29. The fourth-order valence-corrected chi connectivity index (χ4v) is 3.29. The Morgan fingerprint density at radius 2 is 2.15 bits per heavy atom. The van der Waals surface area contributed by atoms with Gasteiger partial charge in [-0.3, -0.25) is 14.6 Å². The number of likely N-dealkylation sites (tertiary alicyclic amines) is 1. The number of amides is 1. The van der Waals surface area contributed by atoms with Gasteiger partial charge >= 0.3 is 0 Å². The van der Waals surface area contributed by atoms with Crippen molar-refractivity contribution in [2.45, 2.75) is 26.3 Å². The minimum atomic E-state index is -0.117. The van der Waals surface area contributed by atoms with Gasteiger partial charge in [-0.15, -0.1) is 0 Å². The Balaban J connectivity index is 1.88. The molecule has 0 unspecified atom stereocenters. The molecule has 0 radical (unpaired) electrons. The van der Waals surface area contributed by atoms with Crippen molar-refractivity contribution in [1.82, 2.24) is 14.9 Å². The number of pyridine rings is 2. The van der Waals surface area contributed by atoms with Gasteiger partial charge in [-0.05, 0) is 43.2 Å². The number of hydrogen-bond acceptors (Lipinski definition) is 4. The van der Waals surface area contributed by atoms with Crippen molar-refractivity contribution < 1.29 is 4.79 Å². The van der Waals surface area contributed by atoms with Crippen molar-refractivity contribution in [3.63, 3.8) is 0 Å². The molecule has 0 spiro atoms. The van der Waals surface area contributed by atoms with E-state index in [1.165, 1.54) is 6.08 Å². The van der Waals surface area contributed by atoms with E-state index in [0.717, 1.165) is 23.2 Å². The number of carbonyl (C=O) groups excluding carboxylic acids is 1. The van der Waals surface area contributed by atoms with Crippen molar-refractivity contribution >= 4 is 11.6 Å². The number of nitrogens with one attached hydrogen (secondary N) is 1. The molecule has 6 heteroatoms. The molecule has 1 amide bonds. The third-order valence-electron chi connectivity index (χ3n) is 4.84. The molecule has 0 aromatic carbocycles. The van der Waals surface area contributed by atoms with Gasteiger partial charge in [0.25, 0.3) is 5.56 Å². The van der Waals surface area contributed by atoms with E-state index in [0.29, 0.717) is 25.3 Å². The number of likely N-dealkylation sites (N-methyl/N-ethyl adjacent to an activating group) is 1. The highest BCUT2D eigenvalue weighted by atomic mass is 16.2.